The molecule has 0 aliphatic carbocycles. The van der Waals surface area contributed by atoms with Crippen LogP contribution in [0.1, 0.15) is 46.5 Å². The number of piperidine rings is 1. The Morgan fingerprint density at radius 1 is 1.22 bits per heavy atom. The predicted molar refractivity (Wildman–Crippen MR) is 80.1 cm³/mol. The van der Waals surface area contributed by atoms with Crippen molar-refractivity contribution in [3.63, 3.8) is 0 Å². The van der Waals surface area contributed by atoms with Crippen molar-refractivity contribution in [1.82, 2.24) is 15.1 Å². The molecule has 0 radical (unpaired) electrons. The Morgan fingerprint density at radius 3 is 2.39 bits per heavy atom. The van der Waals surface area contributed by atoms with Crippen LogP contribution in [0.5, 0.6) is 0 Å². The lowest BCUT2D eigenvalue weighted by Crippen LogP contribution is -2.44. The van der Waals surface area contributed by atoms with E-state index in [1.165, 1.54) is 58.4 Å². The van der Waals surface area contributed by atoms with E-state index < -0.39 is 0 Å². The molecule has 1 heterocycles. The summed E-state index contributed by atoms with van der Waals surface area (Å²) in [6, 6.07) is 1.43. The summed E-state index contributed by atoms with van der Waals surface area (Å²) in [5.41, 5.74) is 0. The van der Waals surface area contributed by atoms with Gasteiger partial charge in [-0.1, -0.05) is 13.8 Å². The van der Waals surface area contributed by atoms with Crippen molar-refractivity contribution in [2.75, 3.05) is 39.8 Å². The summed E-state index contributed by atoms with van der Waals surface area (Å²) in [7, 11) is 2.23. The summed E-state index contributed by atoms with van der Waals surface area (Å²) < 4.78 is 0. The third-order valence-corrected chi connectivity index (χ3v) is 4.24. The molecule has 3 heteroatoms. The molecule has 1 aliphatic heterocycles. The van der Waals surface area contributed by atoms with E-state index in [-0.39, 0.29) is 0 Å². The number of hydrogen-bond donors (Lipinski definition) is 1. The van der Waals surface area contributed by atoms with E-state index in [0.29, 0.717) is 6.04 Å². The van der Waals surface area contributed by atoms with Crippen molar-refractivity contribution in [3.8, 4) is 0 Å². The van der Waals surface area contributed by atoms with Crippen LogP contribution < -0.4 is 5.32 Å². The van der Waals surface area contributed by atoms with E-state index >= 15 is 0 Å². The molecule has 0 aromatic rings. The molecule has 0 saturated carbocycles. The minimum absolute atomic E-state index is 0.675. The molecule has 3 nitrogen and oxygen atoms in total. The van der Waals surface area contributed by atoms with Gasteiger partial charge in [0.05, 0.1) is 0 Å². The first kappa shape index (κ1) is 15.9. The fraction of sp³-hybridized carbons (Fsp3) is 1.00. The summed E-state index contributed by atoms with van der Waals surface area (Å²) in [6.07, 6.45) is 5.26. The zero-order valence-corrected chi connectivity index (χ0v) is 12.9. The van der Waals surface area contributed by atoms with E-state index in [0.717, 1.165) is 6.04 Å². The average molecular weight is 255 g/mol. The summed E-state index contributed by atoms with van der Waals surface area (Å²) in [5, 5.41) is 3.80. The summed E-state index contributed by atoms with van der Waals surface area (Å²) in [5.74, 6) is 0. The van der Waals surface area contributed by atoms with Crippen LogP contribution in [0.4, 0.5) is 0 Å². The zero-order chi connectivity index (χ0) is 13.4. The van der Waals surface area contributed by atoms with E-state index in [4.69, 9.17) is 0 Å². The normalized spacial score (nSPS) is 20.5. The van der Waals surface area contributed by atoms with Gasteiger partial charge in [0.2, 0.25) is 0 Å². The highest BCUT2D eigenvalue weighted by Crippen LogP contribution is 2.10. The summed E-state index contributed by atoms with van der Waals surface area (Å²) >= 11 is 0. The molecule has 1 N–H and O–H groups in total. The van der Waals surface area contributed by atoms with E-state index in [1.54, 1.807) is 0 Å². The number of likely N-dealkylation sites (tertiary alicyclic amines) is 1. The minimum atomic E-state index is 0.675. The van der Waals surface area contributed by atoms with Crippen LogP contribution in [0.2, 0.25) is 0 Å². The molecule has 1 rings (SSSR count). The Balaban J connectivity index is 2.08. The van der Waals surface area contributed by atoms with Crippen LogP contribution >= 0.6 is 0 Å². The molecule has 1 fully saturated rings. The largest absolute Gasteiger partial charge is 0.311 e. The Labute approximate surface area is 114 Å². The van der Waals surface area contributed by atoms with Crippen LogP contribution in [-0.4, -0.2) is 61.7 Å². The second-order valence-corrected chi connectivity index (χ2v) is 5.81. The van der Waals surface area contributed by atoms with E-state index in [9.17, 15) is 0 Å². The predicted octanol–water partition coefficient (Wildman–Crippen LogP) is 2.18. The Morgan fingerprint density at radius 2 is 1.83 bits per heavy atom. The second kappa shape index (κ2) is 8.89. The summed E-state index contributed by atoms with van der Waals surface area (Å²) in [4.78, 5) is 4.95. The van der Waals surface area contributed by atoms with Crippen molar-refractivity contribution in [2.24, 2.45) is 0 Å². The number of hydrogen-bond acceptors (Lipinski definition) is 3. The molecule has 0 aromatic carbocycles. The van der Waals surface area contributed by atoms with Gasteiger partial charge >= 0.3 is 0 Å². The van der Waals surface area contributed by atoms with Crippen LogP contribution in [0.3, 0.4) is 0 Å². The fourth-order valence-electron chi connectivity index (χ4n) is 2.82. The van der Waals surface area contributed by atoms with Crippen molar-refractivity contribution >= 4 is 0 Å². The van der Waals surface area contributed by atoms with Gasteiger partial charge in [-0.15, -0.1) is 0 Å². The van der Waals surface area contributed by atoms with Crippen LogP contribution in [0.25, 0.3) is 0 Å². The van der Waals surface area contributed by atoms with Gasteiger partial charge in [0, 0.05) is 12.1 Å². The lowest BCUT2D eigenvalue weighted by atomic mass is 10.0. The third-order valence-electron chi connectivity index (χ3n) is 4.24. The number of nitrogens with zero attached hydrogens (tertiary/aromatic N) is 2. The molecule has 18 heavy (non-hydrogen) atoms. The molecule has 0 spiro atoms. The highest BCUT2D eigenvalue weighted by atomic mass is 15.1. The average Bonchev–Trinajstić information content (AvgIpc) is 2.37. The maximum atomic E-state index is 3.80. The van der Waals surface area contributed by atoms with Gasteiger partial charge in [0.1, 0.15) is 0 Å². The van der Waals surface area contributed by atoms with Crippen molar-refractivity contribution in [3.05, 3.63) is 0 Å². The number of rotatable bonds is 8. The molecular weight excluding hydrogens is 222 g/mol. The Kier molecular flexibility index (Phi) is 7.87. The molecule has 1 aliphatic rings. The minimum Gasteiger partial charge on any atom is -0.311 e. The SMILES string of the molecule is CCN(CC)CCCC(C)NC1CCN(C)CC1. The van der Waals surface area contributed by atoms with Gasteiger partial charge in [-0.05, 0) is 72.4 Å². The van der Waals surface area contributed by atoms with Crippen molar-refractivity contribution in [1.29, 1.82) is 0 Å². The Hall–Kier alpha value is -0.120. The van der Waals surface area contributed by atoms with Crippen LogP contribution in [0, 0.1) is 0 Å². The highest BCUT2D eigenvalue weighted by Gasteiger charge is 2.17. The zero-order valence-electron chi connectivity index (χ0n) is 12.9. The van der Waals surface area contributed by atoms with Gasteiger partial charge in [-0.2, -0.15) is 0 Å². The molecule has 1 saturated heterocycles. The maximum absolute atomic E-state index is 3.80. The quantitative estimate of drug-likeness (QED) is 0.717. The second-order valence-electron chi connectivity index (χ2n) is 5.81. The van der Waals surface area contributed by atoms with Gasteiger partial charge in [-0.25, -0.2) is 0 Å². The summed E-state index contributed by atoms with van der Waals surface area (Å²) in [6.45, 7) is 13.0. The van der Waals surface area contributed by atoms with E-state index in [2.05, 4.69) is 42.9 Å². The maximum Gasteiger partial charge on any atom is 0.00938 e. The Bertz CT molecular complexity index is 196. The molecule has 1 unspecified atom stereocenters. The topological polar surface area (TPSA) is 18.5 Å². The van der Waals surface area contributed by atoms with E-state index in [1.807, 2.05) is 0 Å². The van der Waals surface area contributed by atoms with Gasteiger partial charge in [0.15, 0.2) is 0 Å². The first-order valence-electron chi connectivity index (χ1n) is 7.82. The molecule has 0 aromatic heterocycles. The third kappa shape index (κ3) is 6.17. The highest BCUT2D eigenvalue weighted by molar-refractivity contribution is 4.78. The van der Waals surface area contributed by atoms with Crippen LogP contribution in [-0.2, 0) is 0 Å². The first-order valence-corrected chi connectivity index (χ1v) is 7.82. The van der Waals surface area contributed by atoms with Crippen LogP contribution in [0.15, 0.2) is 0 Å². The monoisotopic (exact) mass is 255 g/mol. The standard InChI is InChI=1S/C15H33N3/c1-5-18(6-2)11-7-8-14(3)16-15-9-12-17(4)13-10-15/h14-16H,5-13H2,1-4H3. The lowest BCUT2D eigenvalue weighted by molar-refractivity contribution is 0.221. The van der Waals surface area contributed by atoms with Gasteiger partial charge < -0.3 is 15.1 Å². The smallest absolute Gasteiger partial charge is 0.00938 e. The van der Waals surface area contributed by atoms with Crippen molar-refractivity contribution < 1.29 is 0 Å². The molecular formula is C15H33N3. The van der Waals surface area contributed by atoms with Crippen molar-refractivity contribution in [2.45, 2.75) is 58.5 Å². The lowest BCUT2D eigenvalue weighted by Gasteiger charge is -2.31. The molecule has 0 amide bonds. The first-order chi connectivity index (χ1) is 8.65. The molecule has 1 atom stereocenters. The van der Waals surface area contributed by atoms with Gasteiger partial charge in [-0.3, -0.25) is 0 Å². The molecule has 0 bridgehead atoms. The molecule has 108 valence electrons. The fourth-order valence-corrected chi connectivity index (χ4v) is 2.82. The number of nitrogens with one attached hydrogen (secondary N) is 1. The van der Waals surface area contributed by atoms with Gasteiger partial charge in [0.25, 0.3) is 0 Å².